The summed E-state index contributed by atoms with van der Waals surface area (Å²) in [7, 11) is 0. The van der Waals surface area contributed by atoms with Crippen LogP contribution >= 0.6 is 15.9 Å². The van der Waals surface area contributed by atoms with Gasteiger partial charge in [0.2, 0.25) is 0 Å². The van der Waals surface area contributed by atoms with Crippen molar-refractivity contribution in [1.29, 1.82) is 0 Å². The van der Waals surface area contributed by atoms with Gasteiger partial charge in [-0.15, -0.1) is 0 Å². The fourth-order valence-corrected chi connectivity index (χ4v) is 7.49. The van der Waals surface area contributed by atoms with Crippen molar-refractivity contribution >= 4 is 27.5 Å². The van der Waals surface area contributed by atoms with Gasteiger partial charge in [0.1, 0.15) is 0 Å². The third kappa shape index (κ3) is 6.35. The third-order valence-corrected chi connectivity index (χ3v) is 10.5. The molecule has 43 heavy (non-hydrogen) atoms. The Kier molecular flexibility index (Phi) is 8.88. The minimum atomic E-state index is 0.0192. The molecule has 0 aromatic heterocycles. The Morgan fingerprint density at radius 1 is 0.628 bits per heavy atom. The molecular formula is C40H51BrO2. The lowest BCUT2D eigenvalue weighted by molar-refractivity contribution is 0.0939. The Morgan fingerprint density at radius 3 is 1.49 bits per heavy atom. The maximum Gasteiger partial charge on any atom is 0.166 e. The molecule has 0 fully saturated rings. The lowest BCUT2D eigenvalue weighted by Crippen LogP contribution is -2.16. The molecule has 3 aromatic carbocycles. The average molecular weight is 644 g/mol. The number of carbonyl (C=O) groups is 2. The fraction of sp³-hybridized carbons (Fsp3) is 0.500. The molecule has 0 aliphatic heterocycles. The van der Waals surface area contributed by atoms with E-state index in [0.29, 0.717) is 11.6 Å². The van der Waals surface area contributed by atoms with Gasteiger partial charge in [-0.3, -0.25) is 9.59 Å². The summed E-state index contributed by atoms with van der Waals surface area (Å²) in [4.78, 5) is 24.9. The van der Waals surface area contributed by atoms with Gasteiger partial charge in [-0.25, -0.2) is 0 Å². The summed E-state index contributed by atoms with van der Waals surface area (Å²) in [5.41, 5.74) is 13.6. The van der Waals surface area contributed by atoms with Crippen molar-refractivity contribution in [3.63, 3.8) is 0 Å². The fourth-order valence-electron chi connectivity index (χ4n) is 6.90. The van der Waals surface area contributed by atoms with Crippen molar-refractivity contribution in [2.24, 2.45) is 11.8 Å². The van der Waals surface area contributed by atoms with Gasteiger partial charge >= 0.3 is 0 Å². The van der Waals surface area contributed by atoms with E-state index in [1.165, 1.54) is 50.1 Å². The molecule has 0 saturated heterocycles. The van der Waals surface area contributed by atoms with Gasteiger partial charge in [-0.05, 0) is 105 Å². The number of hydrogen-bond acceptors (Lipinski definition) is 2. The molecule has 0 spiro atoms. The summed E-state index contributed by atoms with van der Waals surface area (Å²) >= 11 is 3.68. The van der Waals surface area contributed by atoms with E-state index in [-0.39, 0.29) is 28.1 Å². The molecular weight excluding hydrogens is 592 g/mol. The standard InChI is InChI=1S/C25H32O.C15H19BrO/c1-15-13-19-20(23(15)26)14-21(25(6,7)8)16(2)22(19)17-9-11-18(12-10-17)24(3,4)5;1-8-6-10-11(14(8)17)7-12(15(3,4)5)9(2)13(10)16/h9-12,14-15H,13H2,1-8H3;7-8H,6H2,1-5H3. The first-order chi connectivity index (χ1) is 19.6. The van der Waals surface area contributed by atoms with Crippen molar-refractivity contribution in [3.05, 3.63) is 90.9 Å². The molecule has 2 unspecified atom stereocenters. The van der Waals surface area contributed by atoms with Crippen molar-refractivity contribution in [1.82, 2.24) is 0 Å². The molecule has 230 valence electrons. The zero-order chi connectivity index (χ0) is 32.4. The van der Waals surface area contributed by atoms with Gasteiger partial charge in [0.15, 0.2) is 11.6 Å². The monoisotopic (exact) mass is 642 g/mol. The number of benzene rings is 3. The van der Waals surface area contributed by atoms with Gasteiger partial charge in [0, 0.05) is 27.4 Å². The summed E-state index contributed by atoms with van der Waals surface area (Å²) in [6.45, 7) is 28.4. The predicted octanol–water partition coefficient (Wildman–Crippen LogP) is 11.1. The van der Waals surface area contributed by atoms with Crippen LogP contribution in [-0.2, 0) is 29.1 Å². The van der Waals surface area contributed by atoms with Crippen LogP contribution in [0.15, 0.2) is 40.9 Å². The highest BCUT2D eigenvalue weighted by molar-refractivity contribution is 9.10. The second kappa shape index (κ2) is 11.4. The number of carbonyl (C=O) groups excluding carboxylic acids is 2. The first kappa shape index (κ1) is 33.4. The molecule has 2 nitrogen and oxygen atoms in total. The van der Waals surface area contributed by atoms with E-state index in [4.69, 9.17) is 0 Å². The molecule has 5 rings (SSSR count). The molecule has 0 radical (unpaired) electrons. The van der Waals surface area contributed by atoms with Crippen molar-refractivity contribution < 1.29 is 9.59 Å². The summed E-state index contributed by atoms with van der Waals surface area (Å²) < 4.78 is 1.14. The van der Waals surface area contributed by atoms with Gasteiger partial charge in [-0.2, -0.15) is 0 Å². The van der Waals surface area contributed by atoms with E-state index in [9.17, 15) is 9.59 Å². The van der Waals surface area contributed by atoms with Crippen LogP contribution in [-0.4, -0.2) is 11.6 Å². The lowest BCUT2D eigenvalue weighted by Gasteiger charge is -2.26. The minimum absolute atomic E-state index is 0.0192. The second-order valence-corrected chi connectivity index (χ2v) is 16.9. The second-order valence-electron chi connectivity index (χ2n) is 16.1. The highest BCUT2D eigenvalue weighted by Gasteiger charge is 2.34. The first-order valence-electron chi connectivity index (χ1n) is 15.8. The highest BCUT2D eigenvalue weighted by Crippen LogP contribution is 2.43. The molecule has 3 heteroatoms. The van der Waals surface area contributed by atoms with Crippen LogP contribution in [0.1, 0.15) is 136 Å². The van der Waals surface area contributed by atoms with Crippen LogP contribution in [0, 0.1) is 25.7 Å². The Hall–Kier alpha value is -2.52. The molecule has 0 bridgehead atoms. The van der Waals surface area contributed by atoms with Crippen LogP contribution in [0.3, 0.4) is 0 Å². The zero-order valence-electron chi connectivity index (χ0n) is 28.7. The van der Waals surface area contributed by atoms with Crippen LogP contribution < -0.4 is 0 Å². The molecule has 0 heterocycles. The highest BCUT2D eigenvalue weighted by atomic mass is 79.9. The predicted molar refractivity (Wildman–Crippen MR) is 186 cm³/mol. The molecule has 2 aliphatic rings. The molecule has 0 N–H and O–H groups in total. The zero-order valence-corrected chi connectivity index (χ0v) is 30.3. The third-order valence-electron chi connectivity index (χ3n) is 9.41. The summed E-state index contributed by atoms with van der Waals surface area (Å²) in [5.74, 6) is 0.826. The Morgan fingerprint density at radius 2 is 1.05 bits per heavy atom. The molecule has 2 atom stereocenters. The number of Topliss-reactive ketones (excluding diaryl/α,β-unsaturated/α-hetero) is 2. The SMILES string of the molecule is Cc1c(C(C)(C)C)cc2c(c1-c1ccc(C(C)(C)C)cc1)CC(C)C2=O.Cc1c(C(C)(C)C)cc2c(c1Br)CC(C)C2=O. The normalized spacial score (nSPS) is 18.4. The quantitative estimate of drug-likeness (QED) is 0.264. The van der Waals surface area contributed by atoms with Gasteiger partial charge < -0.3 is 0 Å². The summed E-state index contributed by atoms with van der Waals surface area (Å²) in [6.07, 6.45) is 1.73. The largest absolute Gasteiger partial charge is 0.294 e. The van der Waals surface area contributed by atoms with E-state index in [1.54, 1.807) is 0 Å². The number of halogens is 1. The van der Waals surface area contributed by atoms with E-state index >= 15 is 0 Å². The number of ketones is 2. The maximum atomic E-state index is 12.8. The van der Waals surface area contributed by atoms with E-state index in [2.05, 4.69) is 135 Å². The van der Waals surface area contributed by atoms with E-state index in [0.717, 1.165) is 28.4 Å². The summed E-state index contributed by atoms with van der Waals surface area (Å²) in [5, 5.41) is 0. The molecule has 0 amide bonds. The van der Waals surface area contributed by atoms with Crippen LogP contribution in [0.2, 0.25) is 0 Å². The van der Waals surface area contributed by atoms with Crippen LogP contribution in [0.5, 0.6) is 0 Å². The number of hydrogen-bond donors (Lipinski definition) is 0. The van der Waals surface area contributed by atoms with E-state index < -0.39 is 0 Å². The Balaban J connectivity index is 0.000000215. The van der Waals surface area contributed by atoms with Gasteiger partial charge in [0.25, 0.3) is 0 Å². The van der Waals surface area contributed by atoms with Crippen molar-refractivity contribution in [3.8, 4) is 11.1 Å². The molecule has 2 aliphatic carbocycles. The molecule has 3 aromatic rings. The van der Waals surface area contributed by atoms with Gasteiger partial charge in [-0.1, -0.05) is 116 Å². The van der Waals surface area contributed by atoms with Crippen LogP contribution in [0.25, 0.3) is 11.1 Å². The maximum absolute atomic E-state index is 12.8. The average Bonchev–Trinajstić information content (AvgIpc) is 3.33. The minimum Gasteiger partial charge on any atom is -0.294 e. The molecule has 0 saturated carbocycles. The topological polar surface area (TPSA) is 34.1 Å². The van der Waals surface area contributed by atoms with E-state index in [1.807, 2.05) is 6.92 Å². The smallest absolute Gasteiger partial charge is 0.166 e. The number of rotatable bonds is 1. The van der Waals surface area contributed by atoms with Crippen molar-refractivity contribution in [2.75, 3.05) is 0 Å². The summed E-state index contributed by atoms with van der Waals surface area (Å²) in [6, 6.07) is 13.2. The van der Waals surface area contributed by atoms with Crippen LogP contribution in [0.4, 0.5) is 0 Å². The van der Waals surface area contributed by atoms with Crippen molar-refractivity contribution in [2.45, 2.75) is 119 Å². The lowest BCUT2D eigenvalue weighted by atomic mass is 9.78. The Labute approximate surface area is 269 Å². The number of fused-ring (bicyclic) bond motifs is 2. The first-order valence-corrected chi connectivity index (χ1v) is 16.6. The Bertz CT molecular complexity index is 1580. The van der Waals surface area contributed by atoms with Gasteiger partial charge in [0.05, 0.1) is 0 Å².